The predicted molar refractivity (Wildman–Crippen MR) is 118 cm³/mol. The van der Waals surface area contributed by atoms with E-state index in [1.54, 1.807) is 6.20 Å². The minimum absolute atomic E-state index is 0.548. The number of hydrogen-bond acceptors (Lipinski definition) is 5. The van der Waals surface area contributed by atoms with Crippen molar-refractivity contribution >= 4 is 23.2 Å². The van der Waals surface area contributed by atoms with Crippen LogP contribution < -0.4 is 5.32 Å². The van der Waals surface area contributed by atoms with E-state index in [4.69, 9.17) is 11.6 Å². The second kappa shape index (κ2) is 9.33. The largest absolute Gasteiger partial charge is 0.323 e. The number of aryl methyl sites for hydroxylation is 2. The molecule has 1 saturated heterocycles. The Morgan fingerprint density at radius 2 is 1.79 bits per heavy atom. The first-order chi connectivity index (χ1) is 14.2. The first-order valence-electron chi connectivity index (χ1n) is 10.1. The average Bonchev–Trinajstić information content (AvgIpc) is 2.76. The quantitative estimate of drug-likeness (QED) is 0.632. The van der Waals surface area contributed by atoms with Crippen molar-refractivity contribution in [2.45, 2.75) is 31.6 Å². The number of rotatable bonds is 6. The van der Waals surface area contributed by atoms with E-state index in [1.807, 2.05) is 24.4 Å². The van der Waals surface area contributed by atoms with Gasteiger partial charge < -0.3 is 10.2 Å². The molecule has 1 fully saturated rings. The van der Waals surface area contributed by atoms with E-state index in [9.17, 15) is 0 Å². The lowest BCUT2D eigenvalue weighted by atomic mass is 9.93. The normalized spacial score (nSPS) is 15.4. The smallest absolute Gasteiger partial charge is 0.227 e. The van der Waals surface area contributed by atoms with Gasteiger partial charge in [0.1, 0.15) is 0 Å². The minimum atomic E-state index is 0.548. The van der Waals surface area contributed by atoms with Gasteiger partial charge in [0, 0.05) is 11.6 Å². The lowest BCUT2D eigenvalue weighted by molar-refractivity contribution is 0.253. The molecular formula is C23H26ClN5. The topological polar surface area (TPSA) is 53.9 Å². The minimum Gasteiger partial charge on any atom is -0.323 e. The maximum Gasteiger partial charge on any atom is 0.227 e. The molecule has 0 radical (unpaired) electrons. The highest BCUT2D eigenvalue weighted by Crippen LogP contribution is 2.27. The number of pyridine rings is 1. The van der Waals surface area contributed by atoms with Gasteiger partial charge in [0.2, 0.25) is 5.95 Å². The van der Waals surface area contributed by atoms with E-state index in [1.165, 1.54) is 24.1 Å². The lowest BCUT2D eigenvalue weighted by Crippen LogP contribution is -2.29. The SMILES string of the molecule is CN1CCC(c2ccc(Nc3ncc(Cl)c(CCc4ccccc4)n3)cn2)CC1. The molecule has 1 N–H and O–H groups in total. The molecule has 0 atom stereocenters. The van der Waals surface area contributed by atoms with Gasteiger partial charge in [-0.3, -0.25) is 4.98 Å². The molecule has 1 aromatic carbocycles. The molecule has 1 aliphatic rings. The molecule has 0 bridgehead atoms. The number of nitrogens with zero attached hydrogens (tertiary/aromatic N) is 4. The van der Waals surface area contributed by atoms with Crippen molar-refractivity contribution in [2.75, 3.05) is 25.5 Å². The van der Waals surface area contributed by atoms with E-state index in [0.29, 0.717) is 16.9 Å². The summed E-state index contributed by atoms with van der Waals surface area (Å²) >= 11 is 6.31. The third kappa shape index (κ3) is 5.31. The maximum absolute atomic E-state index is 6.31. The van der Waals surface area contributed by atoms with Crippen molar-refractivity contribution in [3.8, 4) is 0 Å². The Balaban J connectivity index is 1.40. The van der Waals surface area contributed by atoms with Crippen molar-refractivity contribution in [3.63, 3.8) is 0 Å². The molecule has 1 aliphatic heterocycles. The van der Waals surface area contributed by atoms with Crippen molar-refractivity contribution in [3.05, 3.63) is 76.8 Å². The molecule has 0 aliphatic carbocycles. The zero-order chi connectivity index (χ0) is 20.1. The average molecular weight is 408 g/mol. The van der Waals surface area contributed by atoms with Gasteiger partial charge in [0.25, 0.3) is 0 Å². The van der Waals surface area contributed by atoms with Crippen LogP contribution in [0.2, 0.25) is 5.02 Å². The van der Waals surface area contributed by atoms with E-state index >= 15 is 0 Å². The number of benzene rings is 1. The summed E-state index contributed by atoms with van der Waals surface area (Å²) in [4.78, 5) is 16.0. The zero-order valence-electron chi connectivity index (χ0n) is 16.7. The number of nitrogens with one attached hydrogen (secondary N) is 1. The fourth-order valence-electron chi connectivity index (χ4n) is 3.70. The number of piperidine rings is 1. The summed E-state index contributed by atoms with van der Waals surface area (Å²) in [7, 11) is 2.18. The molecule has 4 rings (SSSR count). The summed E-state index contributed by atoms with van der Waals surface area (Å²) in [6.07, 6.45) is 7.53. The number of anilines is 2. The van der Waals surface area contributed by atoms with Crippen molar-refractivity contribution < 1.29 is 0 Å². The Morgan fingerprint density at radius 3 is 2.52 bits per heavy atom. The summed E-state index contributed by atoms with van der Waals surface area (Å²) in [5.74, 6) is 1.10. The van der Waals surface area contributed by atoms with Crippen molar-refractivity contribution in [2.24, 2.45) is 0 Å². The molecule has 0 saturated carbocycles. The highest BCUT2D eigenvalue weighted by atomic mass is 35.5. The van der Waals surface area contributed by atoms with Gasteiger partial charge in [0.15, 0.2) is 0 Å². The van der Waals surface area contributed by atoms with Gasteiger partial charge in [-0.2, -0.15) is 0 Å². The lowest BCUT2D eigenvalue weighted by Gasteiger charge is -2.28. The monoisotopic (exact) mass is 407 g/mol. The number of aromatic nitrogens is 3. The molecule has 3 heterocycles. The van der Waals surface area contributed by atoms with Crippen molar-refractivity contribution in [1.82, 2.24) is 19.9 Å². The summed E-state index contributed by atoms with van der Waals surface area (Å²) in [6.45, 7) is 2.27. The summed E-state index contributed by atoms with van der Waals surface area (Å²) < 4.78 is 0. The Morgan fingerprint density at radius 1 is 1.00 bits per heavy atom. The van der Waals surface area contributed by atoms with Crippen LogP contribution >= 0.6 is 11.6 Å². The van der Waals surface area contributed by atoms with Crippen LogP contribution in [-0.2, 0) is 12.8 Å². The molecule has 0 amide bonds. The fraction of sp³-hybridized carbons (Fsp3) is 0.348. The Kier molecular flexibility index (Phi) is 6.37. The van der Waals surface area contributed by atoms with E-state index in [0.717, 1.165) is 37.3 Å². The van der Waals surface area contributed by atoms with Gasteiger partial charge in [-0.25, -0.2) is 9.97 Å². The van der Waals surface area contributed by atoms with Crippen LogP contribution in [0.1, 0.15) is 35.7 Å². The Bertz CT molecular complexity index is 922. The first kappa shape index (κ1) is 19.8. The number of hydrogen-bond donors (Lipinski definition) is 1. The van der Waals surface area contributed by atoms with Crippen LogP contribution in [0.5, 0.6) is 0 Å². The molecule has 2 aromatic heterocycles. The highest BCUT2D eigenvalue weighted by Gasteiger charge is 2.19. The van der Waals surface area contributed by atoms with E-state index in [-0.39, 0.29) is 0 Å². The predicted octanol–water partition coefficient (Wildman–Crippen LogP) is 4.86. The molecule has 29 heavy (non-hydrogen) atoms. The third-order valence-corrected chi connectivity index (χ3v) is 5.81. The Hall–Kier alpha value is -2.50. The standard InChI is InChI=1S/C23H26ClN5/c1-29-13-11-18(12-14-29)21-10-8-19(15-25-21)27-23-26-16-20(24)22(28-23)9-7-17-5-3-2-4-6-17/h2-6,8,10,15-16,18H,7,9,11-14H2,1H3,(H,26,27,28). The molecule has 150 valence electrons. The summed E-state index contributed by atoms with van der Waals surface area (Å²) in [5.41, 5.74) is 4.18. The molecular weight excluding hydrogens is 382 g/mol. The summed E-state index contributed by atoms with van der Waals surface area (Å²) in [6, 6.07) is 14.5. The van der Waals surface area contributed by atoms with Gasteiger partial charge in [-0.05, 0) is 63.5 Å². The number of likely N-dealkylation sites (tertiary alicyclic amines) is 1. The van der Waals surface area contributed by atoms with Crippen LogP contribution in [0.15, 0.2) is 54.9 Å². The number of halogens is 1. The van der Waals surface area contributed by atoms with Gasteiger partial charge >= 0.3 is 0 Å². The molecule has 5 nitrogen and oxygen atoms in total. The zero-order valence-corrected chi connectivity index (χ0v) is 17.4. The third-order valence-electron chi connectivity index (χ3n) is 5.49. The van der Waals surface area contributed by atoms with Crippen LogP contribution in [-0.4, -0.2) is 40.0 Å². The van der Waals surface area contributed by atoms with Crippen LogP contribution in [0.3, 0.4) is 0 Å². The molecule has 0 spiro atoms. The van der Waals surface area contributed by atoms with Crippen LogP contribution in [0.4, 0.5) is 11.6 Å². The van der Waals surface area contributed by atoms with Gasteiger partial charge in [-0.1, -0.05) is 41.9 Å². The maximum atomic E-state index is 6.31. The first-order valence-corrected chi connectivity index (χ1v) is 10.5. The fourth-order valence-corrected chi connectivity index (χ4v) is 3.89. The van der Waals surface area contributed by atoms with Gasteiger partial charge in [-0.15, -0.1) is 0 Å². The second-order valence-electron chi connectivity index (χ2n) is 7.65. The van der Waals surface area contributed by atoms with Crippen molar-refractivity contribution in [1.29, 1.82) is 0 Å². The molecule has 6 heteroatoms. The van der Waals surface area contributed by atoms with E-state index < -0.39 is 0 Å². The summed E-state index contributed by atoms with van der Waals surface area (Å²) in [5, 5.41) is 3.85. The Labute approximate surface area is 177 Å². The highest BCUT2D eigenvalue weighted by molar-refractivity contribution is 6.31. The van der Waals surface area contributed by atoms with Gasteiger partial charge in [0.05, 0.1) is 28.8 Å². The van der Waals surface area contributed by atoms with Crippen LogP contribution in [0.25, 0.3) is 0 Å². The van der Waals surface area contributed by atoms with Crippen LogP contribution in [0, 0.1) is 0 Å². The molecule has 0 unspecified atom stereocenters. The second-order valence-corrected chi connectivity index (χ2v) is 8.06. The molecule has 3 aromatic rings. The van der Waals surface area contributed by atoms with E-state index in [2.05, 4.69) is 56.5 Å².